The summed E-state index contributed by atoms with van der Waals surface area (Å²) in [5.41, 5.74) is 0.359. The van der Waals surface area contributed by atoms with E-state index < -0.39 is 33.1 Å². The average Bonchev–Trinajstić information content (AvgIpc) is 2.52. The second-order valence-corrected chi connectivity index (χ2v) is 6.27. The van der Waals surface area contributed by atoms with Gasteiger partial charge in [0.05, 0.1) is 6.07 Å². The molecule has 24 heavy (non-hydrogen) atoms. The van der Waals surface area contributed by atoms with Gasteiger partial charge in [-0.05, 0) is 17.7 Å². The maximum Gasteiger partial charge on any atom is 0.573 e. The van der Waals surface area contributed by atoms with E-state index in [0.29, 0.717) is 5.56 Å². The first-order valence-electron chi connectivity index (χ1n) is 6.54. The Balaban J connectivity index is 2.36. The van der Waals surface area contributed by atoms with Crippen molar-refractivity contribution in [1.29, 1.82) is 5.26 Å². The van der Waals surface area contributed by atoms with Crippen LogP contribution in [0, 0.1) is 11.3 Å². The number of hydrogen-bond donors (Lipinski definition) is 1. The Kier molecular flexibility index (Phi) is 5.11. The van der Waals surface area contributed by atoms with E-state index in [9.17, 15) is 21.6 Å². The van der Waals surface area contributed by atoms with Crippen molar-refractivity contribution in [3.05, 3.63) is 60.2 Å². The van der Waals surface area contributed by atoms with Crippen molar-refractivity contribution in [3.8, 4) is 11.8 Å². The molecule has 1 atom stereocenters. The fourth-order valence-corrected chi connectivity index (χ4v) is 3.17. The first-order chi connectivity index (χ1) is 11.2. The third-order valence-corrected chi connectivity index (χ3v) is 4.36. The molecular weight excluding hydrogens is 345 g/mol. The Hall–Kier alpha value is -2.57. The van der Waals surface area contributed by atoms with Gasteiger partial charge in [-0.2, -0.15) is 9.98 Å². The zero-order valence-corrected chi connectivity index (χ0v) is 12.8. The van der Waals surface area contributed by atoms with Gasteiger partial charge in [0.15, 0.2) is 0 Å². The van der Waals surface area contributed by atoms with E-state index in [1.54, 1.807) is 24.3 Å². The molecule has 0 bridgehead atoms. The van der Waals surface area contributed by atoms with Crippen LogP contribution in [0.3, 0.4) is 0 Å². The third-order valence-electron chi connectivity index (χ3n) is 2.90. The number of rotatable bonds is 5. The van der Waals surface area contributed by atoms with Crippen molar-refractivity contribution in [3.63, 3.8) is 0 Å². The molecule has 2 aromatic rings. The zero-order valence-electron chi connectivity index (χ0n) is 12.0. The Bertz CT molecular complexity index is 846. The molecule has 0 heterocycles. The van der Waals surface area contributed by atoms with Crippen LogP contribution in [0.2, 0.25) is 0 Å². The fraction of sp³-hybridized carbons (Fsp3) is 0.133. The van der Waals surface area contributed by atoms with Gasteiger partial charge in [-0.15, -0.1) is 13.2 Å². The van der Waals surface area contributed by atoms with Gasteiger partial charge in [0.1, 0.15) is 16.7 Å². The van der Waals surface area contributed by atoms with E-state index in [0.717, 1.165) is 12.1 Å². The van der Waals surface area contributed by atoms with Crippen LogP contribution >= 0.6 is 0 Å². The van der Waals surface area contributed by atoms with Gasteiger partial charge in [-0.3, -0.25) is 0 Å². The number of nitriles is 1. The third kappa shape index (κ3) is 4.47. The van der Waals surface area contributed by atoms with Crippen molar-refractivity contribution in [2.75, 3.05) is 0 Å². The van der Waals surface area contributed by atoms with Crippen molar-refractivity contribution in [1.82, 2.24) is 4.72 Å². The second-order valence-electron chi connectivity index (χ2n) is 4.59. The van der Waals surface area contributed by atoms with Crippen molar-refractivity contribution < 1.29 is 26.3 Å². The molecular formula is C15H11F3N2O3S. The highest BCUT2D eigenvalue weighted by atomic mass is 32.2. The molecule has 0 aliphatic carbocycles. The molecule has 0 aromatic heterocycles. The summed E-state index contributed by atoms with van der Waals surface area (Å²) in [6.07, 6.45) is -5.04. The highest BCUT2D eigenvalue weighted by Crippen LogP contribution is 2.30. The smallest absolute Gasteiger partial charge is 0.404 e. The van der Waals surface area contributed by atoms with Gasteiger partial charge in [-0.25, -0.2) is 8.42 Å². The molecule has 0 fully saturated rings. The summed E-state index contributed by atoms with van der Waals surface area (Å²) in [4.78, 5) is -0.710. The summed E-state index contributed by atoms with van der Waals surface area (Å²) in [5, 5.41) is 9.16. The van der Waals surface area contributed by atoms with Crippen molar-refractivity contribution >= 4 is 10.0 Å². The van der Waals surface area contributed by atoms with E-state index in [1.165, 1.54) is 24.3 Å². The van der Waals surface area contributed by atoms with E-state index in [1.807, 2.05) is 0 Å². The molecule has 0 aliphatic rings. The molecule has 0 amide bonds. The average molecular weight is 356 g/mol. The number of alkyl halides is 3. The highest BCUT2D eigenvalue weighted by Gasteiger charge is 2.34. The lowest BCUT2D eigenvalue weighted by Gasteiger charge is -2.16. The van der Waals surface area contributed by atoms with Crippen molar-refractivity contribution in [2.45, 2.75) is 17.3 Å². The number of nitrogens with one attached hydrogen (secondary N) is 1. The topological polar surface area (TPSA) is 79.2 Å². The number of hydrogen-bond acceptors (Lipinski definition) is 4. The van der Waals surface area contributed by atoms with Crippen LogP contribution in [0.4, 0.5) is 13.2 Å². The minimum atomic E-state index is -5.04. The minimum Gasteiger partial charge on any atom is -0.404 e. The maximum atomic E-state index is 12.4. The number of benzene rings is 2. The van der Waals surface area contributed by atoms with E-state index in [4.69, 9.17) is 5.26 Å². The van der Waals surface area contributed by atoms with Crippen LogP contribution in [0.15, 0.2) is 59.5 Å². The zero-order chi connectivity index (χ0) is 17.8. The molecule has 0 radical (unpaired) electrons. The molecule has 0 saturated carbocycles. The highest BCUT2D eigenvalue weighted by molar-refractivity contribution is 7.89. The van der Waals surface area contributed by atoms with Gasteiger partial charge < -0.3 is 4.74 Å². The number of sulfonamides is 1. The molecule has 5 nitrogen and oxygen atoms in total. The number of ether oxygens (including phenoxy) is 1. The van der Waals surface area contributed by atoms with Gasteiger partial charge in [0, 0.05) is 0 Å². The van der Waals surface area contributed by atoms with Crippen molar-refractivity contribution in [2.24, 2.45) is 0 Å². The summed E-state index contributed by atoms with van der Waals surface area (Å²) in [6.45, 7) is 0. The largest absolute Gasteiger partial charge is 0.573 e. The van der Waals surface area contributed by atoms with Gasteiger partial charge in [0.25, 0.3) is 0 Å². The second kappa shape index (κ2) is 6.90. The summed E-state index contributed by atoms with van der Waals surface area (Å²) in [7, 11) is -4.42. The molecule has 2 aromatic carbocycles. The van der Waals surface area contributed by atoms with Gasteiger partial charge in [0.2, 0.25) is 10.0 Å². The Morgan fingerprint density at radius 2 is 1.62 bits per heavy atom. The van der Waals surface area contributed by atoms with Crippen LogP contribution in [-0.4, -0.2) is 14.8 Å². The quantitative estimate of drug-likeness (QED) is 0.893. The summed E-state index contributed by atoms with van der Waals surface area (Å²) in [5.74, 6) is -0.873. The van der Waals surface area contributed by atoms with E-state index >= 15 is 0 Å². The predicted octanol–water partition coefficient (Wildman–Crippen LogP) is 3.13. The number of halogens is 3. The number of para-hydroxylation sites is 1. The van der Waals surface area contributed by atoms with Crippen LogP contribution in [0.5, 0.6) is 5.75 Å². The molecule has 1 N–H and O–H groups in total. The predicted molar refractivity (Wildman–Crippen MR) is 78.2 cm³/mol. The maximum absolute atomic E-state index is 12.4. The normalized spacial score (nSPS) is 13.1. The standard InChI is InChI=1S/C15H11F3N2O3S/c16-15(17,18)23-13-8-4-5-9-14(13)24(21,22)20-12(10-19)11-6-2-1-3-7-11/h1-9,12,20H. The molecule has 9 heteroatoms. The molecule has 0 spiro atoms. The Labute approximate surface area is 136 Å². The molecule has 126 valence electrons. The lowest BCUT2D eigenvalue weighted by molar-refractivity contribution is -0.275. The summed E-state index contributed by atoms with van der Waals surface area (Å²) < 4.78 is 67.8. The lowest BCUT2D eigenvalue weighted by Crippen LogP contribution is -2.29. The molecule has 0 aliphatic heterocycles. The first-order valence-corrected chi connectivity index (χ1v) is 8.03. The monoisotopic (exact) mass is 356 g/mol. The molecule has 1 unspecified atom stereocenters. The van der Waals surface area contributed by atoms with Gasteiger partial charge in [-0.1, -0.05) is 42.5 Å². The SMILES string of the molecule is N#CC(NS(=O)(=O)c1ccccc1OC(F)(F)F)c1ccccc1. The van der Waals surface area contributed by atoms with Crippen LogP contribution in [0.25, 0.3) is 0 Å². The van der Waals surface area contributed by atoms with Crippen LogP contribution < -0.4 is 9.46 Å². The summed E-state index contributed by atoms with van der Waals surface area (Å²) in [6, 6.07) is 12.7. The first kappa shape index (κ1) is 17.8. The molecule has 2 rings (SSSR count). The molecule has 0 saturated heterocycles. The Morgan fingerprint density at radius 3 is 2.21 bits per heavy atom. The van der Waals surface area contributed by atoms with Gasteiger partial charge >= 0.3 is 6.36 Å². The van der Waals surface area contributed by atoms with Crippen LogP contribution in [-0.2, 0) is 10.0 Å². The van der Waals surface area contributed by atoms with E-state index in [2.05, 4.69) is 9.46 Å². The number of nitrogens with zero attached hydrogens (tertiary/aromatic N) is 1. The fourth-order valence-electron chi connectivity index (χ4n) is 1.91. The van der Waals surface area contributed by atoms with E-state index in [-0.39, 0.29) is 0 Å². The Morgan fingerprint density at radius 1 is 1.04 bits per heavy atom. The lowest BCUT2D eigenvalue weighted by atomic mass is 10.1. The van der Waals surface area contributed by atoms with Crippen LogP contribution in [0.1, 0.15) is 11.6 Å². The summed E-state index contributed by atoms with van der Waals surface area (Å²) >= 11 is 0. The minimum absolute atomic E-state index is 0.359.